The Kier molecular flexibility index (Phi) is 7.69. The number of nitrogens with zero attached hydrogens (tertiary/aromatic N) is 1. The minimum absolute atomic E-state index is 0.0392. The SMILES string of the molecule is C/C=C(\C)C[C@@H](CCC)NC(=O)c1cc(C(C)=O)cc(N(C)C)c1. The summed E-state index contributed by atoms with van der Waals surface area (Å²) >= 11 is 0. The smallest absolute Gasteiger partial charge is 0.251 e. The Morgan fingerprint density at radius 3 is 2.29 bits per heavy atom. The highest BCUT2D eigenvalue weighted by Gasteiger charge is 2.16. The van der Waals surface area contributed by atoms with Gasteiger partial charge in [0.25, 0.3) is 5.91 Å². The molecular formula is C20H30N2O2. The zero-order valence-corrected chi connectivity index (χ0v) is 15.8. The molecule has 0 aliphatic heterocycles. The molecule has 1 aromatic carbocycles. The summed E-state index contributed by atoms with van der Waals surface area (Å²) in [7, 11) is 3.80. The maximum Gasteiger partial charge on any atom is 0.251 e. The van der Waals surface area contributed by atoms with Gasteiger partial charge in [-0.3, -0.25) is 9.59 Å². The third kappa shape index (κ3) is 5.84. The van der Waals surface area contributed by atoms with Crippen molar-refractivity contribution in [2.24, 2.45) is 0 Å². The largest absolute Gasteiger partial charge is 0.378 e. The van der Waals surface area contributed by atoms with Gasteiger partial charge in [0, 0.05) is 37.0 Å². The van der Waals surface area contributed by atoms with Gasteiger partial charge in [0.15, 0.2) is 5.78 Å². The van der Waals surface area contributed by atoms with Crippen LogP contribution in [0.1, 0.15) is 67.7 Å². The summed E-state index contributed by atoms with van der Waals surface area (Å²) in [4.78, 5) is 26.3. The van der Waals surface area contributed by atoms with Gasteiger partial charge in [-0.15, -0.1) is 0 Å². The Labute approximate surface area is 145 Å². The van der Waals surface area contributed by atoms with Crippen molar-refractivity contribution in [3.63, 3.8) is 0 Å². The minimum atomic E-state index is -0.122. The number of ketones is 1. The monoisotopic (exact) mass is 330 g/mol. The molecule has 0 aliphatic carbocycles. The fourth-order valence-electron chi connectivity index (χ4n) is 2.55. The number of benzene rings is 1. The van der Waals surface area contributed by atoms with Gasteiger partial charge in [-0.05, 0) is 51.8 Å². The van der Waals surface area contributed by atoms with Gasteiger partial charge in [0.1, 0.15) is 0 Å². The standard InChI is InChI=1S/C20H30N2O2/c1-7-9-18(10-14(3)8-2)21-20(24)17-11-16(15(4)23)12-19(13-17)22(5)6/h8,11-13,18H,7,9-10H2,1-6H3,(H,21,24)/b14-8+/t18-/m1/s1. The topological polar surface area (TPSA) is 49.4 Å². The van der Waals surface area contributed by atoms with E-state index in [1.165, 1.54) is 12.5 Å². The molecular weight excluding hydrogens is 300 g/mol. The second kappa shape index (κ2) is 9.26. The van der Waals surface area contributed by atoms with E-state index in [0.29, 0.717) is 11.1 Å². The maximum absolute atomic E-state index is 12.7. The number of allylic oxidation sites excluding steroid dienone is 1. The van der Waals surface area contributed by atoms with Crippen molar-refractivity contribution in [3.8, 4) is 0 Å². The lowest BCUT2D eigenvalue weighted by Gasteiger charge is -2.20. The van der Waals surface area contributed by atoms with Crippen LogP contribution in [-0.2, 0) is 0 Å². The van der Waals surface area contributed by atoms with Crippen molar-refractivity contribution in [2.75, 3.05) is 19.0 Å². The lowest BCUT2D eigenvalue weighted by molar-refractivity contribution is 0.0934. The number of nitrogens with one attached hydrogen (secondary N) is 1. The summed E-state index contributed by atoms with van der Waals surface area (Å²) < 4.78 is 0. The van der Waals surface area contributed by atoms with Crippen LogP contribution in [0, 0.1) is 0 Å². The van der Waals surface area contributed by atoms with E-state index < -0.39 is 0 Å². The van der Waals surface area contributed by atoms with Crippen LogP contribution in [0.25, 0.3) is 0 Å². The highest BCUT2D eigenvalue weighted by Crippen LogP contribution is 2.19. The first-order valence-corrected chi connectivity index (χ1v) is 8.54. The van der Waals surface area contributed by atoms with E-state index in [1.54, 1.807) is 6.07 Å². The van der Waals surface area contributed by atoms with Crippen molar-refractivity contribution >= 4 is 17.4 Å². The molecule has 4 heteroatoms. The van der Waals surface area contributed by atoms with E-state index in [1.807, 2.05) is 38.1 Å². The van der Waals surface area contributed by atoms with Crippen LogP contribution >= 0.6 is 0 Å². The van der Waals surface area contributed by atoms with Gasteiger partial charge >= 0.3 is 0 Å². The number of anilines is 1. The van der Waals surface area contributed by atoms with E-state index in [2.05, 4.69) is 25.2 Å². The second-order valence-corrected chi connectivity index (χ2v) is 6.52. The molecule has 0 saturated heterocycles. The lowest BCUT2D eigenvalue weighted by Crippen LogP contribution is -2.35. The molecule has 4 nitrogen and oxygen atoms in total. The number of rotatable bonds is 8. The van der Waals surface area contributed by atoms with Crippen LogP contribution in [0.4, 0.5) is 5.69 Å². The Balaban J connectivity index is 3.05. The van der Waals surface area contributed by atoms with Crippen LogP contribution in [0.15, 0.2) is 29.8 Å². The molecule has 0 radical (unpaired) electrons. The fourth-order valence-corrected chi connectivity index (χ4v) is 2.55. The Morgan fingerprint density at radius 1 is 1.17 bits per heavy atom. The van der Waals surface area contributed by atoms with Crippen LogP contribution in [0.5, 0.6) is 0 Å². The third-order valence-electron chi connectivity index (χ3n) is 4.14. The Bertz CT molecular complexity index is 618. The molecule has 0 aromatic heterocycles. The zero-order chi connectivity index (χ0) is 18.3. The summed E-state index contributed by atoms with van der Waals surface area (Å²) in [5, 5.41) is 3.12. The number of carbonyl (C=O) groups is 2. The molecule has 0 aliphatic rings. The van der Waals surface area contributed by atoms with E-state index in [0.717, 1.165) is 24.9 Å². The molecule has 0 spiro atoms. The van der Waals surface area contributed by atoms with Gasteiger partial charge in [-0.25, -0.2) is 0 Å². The predicted molar refractivity (Wildman–Crippen MR) is 101 cm³/mol. The number of amides is 1. The van der Waals surface area contributed by atoms with Gasteiger partial charge in [0.2, 0.25) is 0 Å². The van der Waals surface area contributed by atoms with E-state index >= 15 is 0 Å². The molecule has 1 aromatic rings. The summed E-state index contributed by atoms with van der Waals surface area (Å²) in [6, 6.07) is 5.43. The molecule has 132 valence electrons. The first kappa shape index (κ1) is 19.9. The van der Waals surface area contributed by atoms with Crippen molar-refractivity contribution in [2.45, 2.75) is 53.0 Å². The van der Waals surface area contributed by atoms with Gasteiger partial charge in [-0.2, -0.15) is 0 Å². The maximum atomic E-state index is 12.7. The molecule has 0 saturated carbocycles. The summed E-state index contributed by atoms with van der Waals surface area (Å²) in [6.07, 6.45) is 4.88. The molecule has 1 atom stereocenters. The van der Waals surface area contributed by atoms with Crippen LogP contribution in [-0.4, -0.2) is 31.8 Å². The lowest BCUT2D eigenvalue weighted by atomic mass is 10.0. The van der Waals surface area contributed by atoms with Crippen molar-refractivity contribution in [3.05, 3.63) is 41.0 Å². The second-order valence-electron chi connectivity index (χ2n) is 6.52. The first-order chi connectivity index (χ1) is 11.3. The summed E-state index contributed by atoms with van der Waals surface area (Å²) in [5.74, 6) is -0.161. The van der Waals surface area contributed by atoms with E-state index in [4.69, 9.17) is 0 Å². The van der Waals surface area contributed by atoms with Crippen molar-refractivity contribution < 1.29 is 9.59 Å². The molecule has 24 heavy (non-hydrogen) atoms. The molecule has 0 heterocycles. The predicted octanol–water partition coefficient (Wildman–Crippen LogP) is 4.21. The van der Waals surface area contributed by atoms with Gasteiger partial charge < -0.3 is 10.2 Å². The van der Waals surface area contributed by atoms with Crippen molar-refractivity contribution in [1.82, 2.24) is 5.32 Å². The number of Topliss-reactive ketones (excluding diaryl/α,β-unsaturated/α-hetero) is 1. The molecule has 1 amide bonds. The van der Waals surface area contributed by atoms with E-state index in [9.17, 15) is 9.59 Å². The summed E-state index contributed by atoms with van der Waals surface area (Å²) in [5.41, 5.74) is 3.21. The first-order valence-electron chi connectivity index (χ1n) is 8.54. The van der Waals surface area contributed by atoms with Crippen molar-refractivity contribution in [1.29, 1.82) is 0 Å². The highest BCUT2D eigenvalue weighted by molar-refractivity contribution is 6.01. The highest BCUT2D eigenvalue weighted by atomic mass is 16.1. The molecule has 0 fully saturated rings. The fraction of sp³-hybridized carbons (Fsp3) is 0.500. The van der Waals surface area contributed by atoms with Crippen LogP contribution in [0.3, 0.4) is 0 Å². The minimum Gasteiger partial charge on any atom is -0.378 e. The third-order valence-corrected chi connectivity index (χ3v) is 4.14. The number of hydrogen-bond acceptors (Lipinski definition) is 3. The Hall–Kier alpha value is -2.10. The molecule has 1 rings (SSSR count). The Morgan fingerprint density at radius 2 is 1.79 bits per heavy atom. The van der Waals surface area contributed by atoms with Gasteiger partial charge in [-0.1, -0.05) is 25.0 Å². The quantitative estimate of drug-likeness (QED) is 0.574. The molecule has 1 N–H and O–H groups in total. The zero-order valence-electron chi connectivity index (χ0n) is 15.8. The number of hydrogen-bond donors (Lipinski definition) is 1. The summed E-state index contributed by atoms with van der Waals surface area (Å²) in [6.45, 7) is 7.73. The average Bonchev–Trinajstić information content (AvgIpc) is 2.54. The average molecular weight is 330 g/mol. The van der Waals surface area contributed by atoms with Crippen LogP contribution in [0.2, 0.25) is 0 Å². The molecule has 0 bridgehead atoms. The van der Waals surface area contributed by atoms with Crippen LogP contribution < -0.4 is 10.2 Å². The van der Waals surface area contributed by atoms with E-state index in [-0.39, 0.29) is 17.7 Å². The van der Waals surface area contributed by atoms with Gasteiger partial charge in [0.05, 0.1) is 0 Å². The molecule has 0 unspecified atom stereocenters. The normalized spacial score (nSPS) is 12.7. The number of carbonyl (C=O) groups excluding carboxylic acids is 2.